The first-order valence-electron chi connectivity index (χ1n) is 5.18. The molecule has 1 aromatic carbocycles. The largest absolute Gasteiger partial charge is 0.494 e. The summed E-state index contributed by atoms with van der Waals surface area (Å²) in [5, 5.41) is 24.8. The number of ether oxygens (including phenoxy) is 1. The number of tetrazole rings is 1. The number of anilines is 1. The van der Waals surface area contributed by atoms with Gasteiger partial charge < -0.3 is 10.1 Å². The first-order valence-corrected chi connectivity index (χ1v) is 5.18. The smallest absolute Gasteiger partial charge is 0.216 e. The van der Waals surface area contributed by atoms with E-state index >= 15 is 0 Å². The number of aromatic nitrogens is 4. The topological polar surface area (TPSA) is 99.5 Å². The lowest BCUT2D eigenvalue weighted by molar-refractivity contribution is 0.387. The zero-order valence-electron chi connectivity index (χ0n) is 9.88. The first kappa shape index (κ1) is 12.5. The number of nitrogens with zero attached hydrogens (tertiary/aromatic N) is 4. The van der Waals surface area contributed by atoms with Crippen LogP contribution in [0.4, 0.5) is 10.1 Å². The Morgan fingerprint density at radius 3 is 3.05 bits per heavy atom. The Morgan fingerprint density at radius 2 is 2.42 bits per heavy atom. The van der Waals surface area contributed by atoms with Gasteiger partial charge in [0.05, 0.1) is 7.11 Å². The molecule has 2 rings (SSSR count). The van der Waals surface area contributed by atoms with Crippen molar-refractivity contribution in [1.29, 1.82) is 5.26 Å². The lowest BCUT2D eigenvalue weighted by atomic mass is 10.2. The van der Waals surface area contributed by atoms with Gasteiger partial charge in [-0.3, -0.25) is 0 Å². The molecule has 0 saturated heterocycles. The van der Waals surface area contributed by atoms with Crippen LogP contribution in [0.3, 0.4) is 0 Å². The third-order valence-electron chi connectivity index (χ3n) is 2.24. The number of aromatic amines is 1. The second-order valence-corrected chi connectivity index (χ2v) is 3.40. The van der Waals surface area contributed by atoms with E-state index in [2.05, 4.69) is 25.9 Å². The van der Waals surface area contributed by atoms with Gasteiger partial charge in [0.25, 0.3) is 0 Å². The molecule has 0 bridgehead atoms. The summed E-state index contributed by atoms with van der Waals surface area (Å²) in [6, 6.07) is 6.17. The predicted octanol–water partition coefficient (Wildman–Crippen LogP) is 1.32. The van der Waals surface area contributed by atoms with Crippen LogP contribution >= 0.6 is 0 Å². The van der Waals surface area contributed by atoms with Crippen molar-refractivity contribution in [3.63, 3.8) is 0 Å². The minimum absolute atomic E-state index is 0.108. The van der Waals surface area contributed by atoms with Crippen LogP contribution in [-0.2, 0) is 0 Å². The van der Waals surface area contributed by atoms with Crippen molar-refractivity contribution in [1.82, 2.24) is 20.6 Å². The van der Waals surface area contributed by atoms with Crippen molar-refractivity contribution in [2.75, 3.05) is 12.4 Å². The fourth-order valence-electron chi connectivity index (χ4n) is 1.33. The zero-order valence-corrected chi connectivity index (χ0v) is 9.88. The Bertz CT molecular complexity index is 631. The van der Waals surface area contributed by atoms with Gasteiger partial charge in [0.2, 0.25) is 5.82 Å². The van der Waals surface area contributed by atoms with Gasteiger partial charge in [0, 0.05) is 18.0 Å². The minimum Gasteiger partial charge on any atom is -0.494 e. The normalized spacial score (nSPS) is 10.9. The van der Waals surface area contributed by atoms with E-state index in [4.69, 9.17) is 10.00 Å². The third-order valence-corrected chi connectivity index (χ3v) is 2.24. The molecule has 96 valence electrons. The van der Waals surface area contributed by atoms with E-state index in [0.717, 1.165) is 0 Å². The number of hydrogen-bond acceptors (Lipinski definition) is 6. The molecule has 0 aliphatic carbocycles. The quantitative estimate of drug-likeness (QED) is 0.804. The van der Waals surface area contributed by atoms with Crippen molar-refractivity contribution in [3.8, 4) is 11.8 Å². The predicted molar refractivity (Wildman–Crippen MR) is 64.3 cm³/mol. The van der Waals surface area contributed by atoms with Crippen LogP contribution in [0.25, 0.3) is 5.57 Å². The van der Waals surface area contributed by atoms with Crippen molar-refractivity contribution < 1.29 is 9.13 Å². The van der Waals surface area contributed by atoms with Gasteiger partial charge in [-0.1, -0.05) is 0 Å². The first-order chi connectivity index (χ1) is 9.24. The van der Waals surface area contributed by atoms with Gasteiger partial charge in [0.1, 0.15) is 11.6 Å². The Balaban J connectivity index is 2.20. The molecular formula is C11H9FN6O. The second-order valence-electron chi connectivity index (χ2n) is 3.40. The summed E-state index contributed by atoms with van der Waals surface area (Å²) < 4.78 is 18.1. The highest BCUT2D eigenvalue weighted by Crippen LogP contribution is 2.21. The molecule has 1 aromatic heterocycles. The Kier molecular flexibility index (Phi) is 3.68. The second kappa shape index (κ2) is 5.59. The molecule has 0 amide bonds. The van der Waals surface area contributed by atoms with Crippen molar-refractivity contribution in [2.45, 2.75) is 0 Å². The molecular weight excluding hydrogens is 251 g/mol. The molecule has 0 spiro atoms. The van der Waals surface area contributed by atoms with Gasteiger partial charge in [0.15, 0.2) is 11.6 Å². The number of halogens is 1. The van der Waals surface area contributed by atoms with Crippen LogP contribution in [0, 0.1) is 17.1 Å². The fourth-order valence-corrected chi connectivity index (χ4v) is 1.33. The van der Waals surface area contributed by atoms with E-state index in [-0.39, 0.29) is 17.1 Å². The van der Waals surface area contributed by atoms with E-state index in [0.29, 0.717) is 5.69 Å². The summed E-state index contributed by atoms with van der Waals surface area (Å²) in [6.45, 7) is 0. The number of nitrogens with one attached hydrogen (secondary N) is 2. The van der Waals surface area contributed by atoms with Gasteiger partial charge in [-0.15, -0.1) is 10.2 Å². The van der Waals surface area contributed by atoms with Crippen molar-refractivity contribution >= 4 is 11.3 Å². The van der Waals surface area contributed by atoms with E-state index in [1.165, 1.54) is 31.5 Å². The van der Waals surface area contributed by atoms with Crippen LogP contribution in [0.1, 0.15) is 5.82 Å². The van der Waals surface area contributed by atoms with Gasteiger partial charge >= 0.3 is 0 Å². The maximum absolute atomic E-state index is 13.2. The Hall–Kier alpha value is -2.95. The van der Waals surface area contributed by atoms with E-state index in [1.807, 2.05) is 6.07 Å². The number of H-pyrrole nitrogens is 1. The van der Waals surface area contributed by atoms with Crippen LogP contribution in [0.2, 0.25) is 0 Å². The Labute approximate surface area is 107 Å². The molecule has 0 aliphatic rings. The average molecular weight is 260 g/mol. The number of rotatable bonds is 4. The van der Waals surface area contributed by atoms with Gasteiger partial charge in [-0.2, -0.15) is 10.5 Å². The number of benzene rings is 1. The number of hydrogen-bond donors (Lipinski definition) is 2. The summed E-state index contributed by atoms with van der Waals surface area (Å²) >= 11 is 0. The SMILES string of the molecule is COc1cc(NC=C(C#N)c2nn[nH]n2)ccc1F. The molecule has 0 atom stereocenters. The molecule has 19 heavy (non-hydrogen) atoms. The molecule has 1 heterocycles. The molecule has 2 N–H and O–H groups in total. The number of methoxy groups -OCH3 is 1. The Morgan fingerprint density at radius 1 is 1.58 bits per heavy atom. The third kappa shape index (κ3) is 2.84. The molecule has 0 fully saturated rings. The van der Waals surface area contributed by atoms with Crippen molar-refractivity contribution in [2.24, 2.45) is 0 Å². The molecule has 0 radical (unpaired) electrons. The lowest BCUT2D eigenvalue weighted by Crippen LogP contribution is -1.95. The highest BCUT2D eigenvalue weighted by Gasteiger charge is 2.06. The van der Waals surface area contributed by atoms with Crippen LogP contribution in [0.5, 0.6) is 5.75 Å². The summed E-state index contributed by atoms with van der Waals surface area (Å²) in [5.74, 6) is -0.184. The standard InChI is InChI=1S/C11H9FN6O/c1-19-10-4-8(2-3-9(10)12)14-6-7(5-13)11-15-17-18-16-11/h2-4,6,14H,1H3,(H,15,16,17,18). The average Bonchev–Trinajstić information content (AvgIpc) is 2.95. The van der Waals surface area contributed by atoms with E-state index in [9.17, 15) is 4.39 Å². The minimum atomic E-state index is -0.462. The molecule has 0 saturated carbocycles. The van der Waals surface area contributed by atoms with Crippen LogP contribution in [-0.4, -0.2) is 27.7 Å². The van der Waals surface area contributed by atoms with E-state index < -0.39 is 5.82 Å². The highest BCUT2D eigenvalue weighted by atomic mass is 19.1. The maximum Gasteiger partial charge on any atom is 0.216 e. The summed E-state index contributed by atoms with van der Waals surface area (Å²) in [4.78, 5) is 0. The lowest BCUT2D eigenvalue weighted by Gasteiger charge is -2.05. The molecule has 7 nitrogen and oxygen atoms in total. The summed E-state index contributed by atoms with van der Waals surface area (Å²) in [7, 11) is 1.37. The molecule has 8 heteroatoms. The van der Waals surface area contributed by atoms with Gasteiger partial charge in [-0.25, -0.2) is 4.39 Å². The van der Waals surface area contributed by atoms with Crippen LogP contribution < -0.4 is 10.1 Å². The van der Waals surface area contributed by atoms with Crippen LogP contribution in [0.15, 0.2) is 24.4 Å². The van der Waals surface area contributed by atoms with Gasteiger partial charge in [-0.05, 0) is 17.3 Å². The zero-order chi connectivity index (χ0) is 13.7. The highest BCUT2D eigenvalue weighted by molar-refractivity contribution is 5.74. The maximum atomic E-state index is 13.2. The van der Waals surface area contributed by atoms with Crippen molar-refractivity contribution in [3.05, 3.63) is 36.0 Å². The summed E-state index contributed by atoms with van der Waals surface area (Å²) in [6.07, 6.45) is 1.40. The monoisotopic (exact) mass is 260 g/mol. The molecule has 0 aliphatic heterocycles. The molecule has 2 aromatic rings. The fraction of sp³-hybridized carbons (Fsp3) is 0.0909. The number of allylic oxidation sites excluding steroid dienone is 1. The summed E-state index contributed by atoms with van der Waals surface area (Å²) in [5.41, 5.74) is 0.756. The number of nitriles is 1. The van der Waals surface area contributed by atoms with E-state index in [1.54, 1.807) is 0 Å². The molecule has 0 unspecified atom stereocenters.